The van der Waals surface area contributed by atoms with Crippen molar-refractivity contribution in [2.75, 3.05) is 32.1 Å². The van der Waals surface area contributed by atoms with Crippen LogP contribution in [0.5, 0.6) is 5.75 Å². The minimum absolute atomic E-state index is 0.0958. The van der Waals surface area contributed by atoms with Crippen LogP contribution in [-0.2, 0) is 10.0 Å². The summed E-state index contributed by atoms with van der Waals surface area (Å²) in [6.07, 6.45) is 2.85. The zero-order chi connectivity index (χ0) is 19.3. The first-order valence-corrected chi connectivity index (χ1v) is 10.5. The summed E-state index contributed by atoms with van der Waals surface area (Å²) in [6, 6.07) is 13.5. The molecule has 1 aliphatic rings. The van der Waals surface area contributed by atoms with Crippen molar-refractivity contribution in [1.82, 2.24) is 4.31 Å². The fourth-order valence-corrected chi connectivity index (χ4v) is 4.65. The first-order chi connectivity index (χ1) is 13.0. The predicted octanol–water partition coefficient (Wildman–Crippen LogP) is 3.16. The van der Waals surface area contributed by atoms with Crippen LogP contribution in [0.25, 0.3) is 0 Å². The van der Waals surface area contributed by atoms with Gasteiger partial charge in [-0.2, -0.15) is 4.31 Å². The second-order valence-electron chi connectivity index (χ2n) is 6.47. The van der Waals surface area contributed by atoms with E-state index in [4.69, 9.17) is 4.74 Å². The van der Waals surface area contributed by atoms with Crippen LogP contribution in [0.1, 0.15) is 29.6 Å². The molecule has 1 N–H and O–H groups in total. The second-order valence-corrected chi connectivity index (χ2v) is 8.40. The van der Waals surface area contributed by atoms with Crippen molar-refractivity contribution in [1.29, 1.82) is 0 Å². The first kappa shape index (κ1) is 19.4. The number of rotatable bonds is 7. The lowest BCUT2D eigenvalue weighted by atomic mass is 10.1. The van der Waals surface area contributed by atoms with Gasteiger partial charge in [0, 0.05) is 18.7 Å². The van der Waals surface area contributed by atoms with Crippen molar-refractivity contribution in [3.63, 3.8) is 0 Å². The molecule has 0 radical (unpaired) electrons. The predicted molar refractivity (Wildman–Crippen MR) is 105 cm³/mol. The maximum atomic E-state index is 12.7. The summed E-state index contributed by atoms with van der Waals surface area (Å²) >= 11 is 0. The maximum Gasteiger partial charge on any atom is 0.243 e. The molecule has 1 heterocycles. The second kappa shape index (κ2) is 8.54. The van der Waals surface area contributed by atoms with Crippen LogP contribution in [0, 0.1) is 0 Å². The number of nitrogens with zero attached hydrogens (tertiary/aromatic N) is 1. The number of hydrogen-bond acceptors (Lipinski definition) is 5. The lowest BCUT2D eigenvalue weighted by Crippen LogP contribution is -2.35. The number of Topliss-reactive ketones (excluding diaryl/α,β-unsaturated/α-hetero) is 1. The number of hydrogen-bond donors (Lipinski definition) is 1. The van der Waals surface area contributed by atoms with Gasteiger partial charge in [0.1, 0.15) is 5.75 Å². The Kier molecular flexibility index (Phi) is 6.13. The van der Waals surface area contributed by atoms with Crippen LogP contribution < -0.4 is 10.1 Å². The zero-order valence-corrected chi connectivity index (χ0v) is 16.2. The number of nitrogens with one attached hydrogen (secondary N) is 1. The summed E-state index contributed by atoms with van der Waals surface area (Å²) in [5, 5.41) is 3.06. The first-order valence-electron chi connectivity index (χ1n) is 9.02. The Morgan fingerprint density at radius 2 is 1.70 bits per heavy atom. The Labute approximate surface area is 160 Å². The van der Waals surface area contributed by atoms with Crippen LogP contribution in [0.2, 0.25) is 0 Å². The minimum Gasteiger partial charge on any atom is -0.495 e. The molecule has 0 aromatic heterocycles. The van der Waals surface area contributed by atoms with Gasteiger partial charge in [0.05, 0.1) is 24.2 Å². The fourth-order valence-electron chi connectivity index (χ4n) is 3.14. The molecule has 3 rings (SSSR count). The Morgan fingerprint density at radius 3 is 2.37 bits per heavy atom. The monoisotopic (exact) mass is 388 g/mol. The normalized spacial score (nSPS) is 15.3. The van der Waals surface area contributed by atoms with Gasteiger partial charge in [-0.1, -0.05) is 18.6 Å². The van der Waals surface area contributed by atoms with E-state index in [1.54, 1.807) is 19.2 Å². The Morgan fingerprint density at radius 1 is 1.04 bits per heavy atom. The average Bonchev–Trinajstić information content (AvgIpc) is 2.73. The molecule has 0 amide bonds. The van der Waals surface area contributed by atoms with E-state index in [9.17, 15) is 13.2 Å². The fraction of sp³-hybridized carbons (Fsp3) is 0.350. The number of benzene rings is 2. The highest BCUT2D eigenvalue weighted by Crippen LogP contribution is 2.23. The number of carbonyl (C=O) groups excluding carboxylic acids is 1. The standard InChI is InChI=1S/C20H24N2O4S/c1-26-20-8-4-3-7-18(20)21-15-19(23)16-9-11-17(12-10-16)27(24,25)22-13-5-2-6-14-22/h3-4,7-12,21H,2,5-6,13-15H2,1H3. The van der Waals surface area contributed by atoms with Crippen LogP contribution >= 0.6 is 0 Å². The molecule has 0 aliphatic carbocycles. The summed E-state index contributed by atoms with van der Waals surface area (Å²) in [5.74, 6) is 0.538. The summed E-state index contributed by atoms with van der Waals surface area (Å²) in [7, 11) is -1.91. The molecular weight excluding hydrogens is 364 g/mol. The molecule has 0 unspecified atom stereocenters. The van der Waals surface area contributed by atoms with E-state index in [0.29, 0.717) is 24.4 Å². The van der Waals surface area contributed by atoms with Gasteiger partial charge in [-0.15, -0.1) is 0 Å². The van der Waals surface area contributed by atoms with E-state index in [2.05, 4.69) is 5.32 Å². The number of sulfonamides is 1. The molecule has 0 spiro atoms. The molecule has 144 valence electrons. The van der Waals surface area contributed by atoms with Crippen molar-refractivity contribution in [2.45, 2.75) is 24.2 Å². The number of carbonyl (C=O) groups is 1. The smallest absolute Gasteiger partial charge is 0.243 e. The van der Waals surface area contributed by atoms with Crippen molar-refractivity contribution in [3.8, 4) is 5.75 Å². The average molecular weight is 388 g/mol. The van der Waals surface area contributed by atoms with Gasteiger partial charge in [0.15, 0.2) is 5.78 Å². The molecule has 2 aromatic carbocycles. The van der Waals surface area contributed by atoms with Crippen molar-refractivity contribution in [3.05, 3.63) is 54.1 Å². The van der Waals surface area contributed by atoms with Crippen LogP contribution in [0.4, 0.5) is 5.69 Å². The highest BCUT2D eigenvalue weighted by molar-refractivity contribution is 7.89. The summed E-state index contributed by atoms with van der Waals surface area (Å²) in [4.78, 5) is 12.7. The quantitative estimate of drug-likeness (QED) is 0.738. The minimum atomic E-state index is -3.48. The molecule has 1 saturated heterocycles. The van der Waals surface area contributed by atoms with E-state index >= 15 is 0 Å². The number of methoxy groups -OCH3 is 1. The maximum absolute atomic E-state index is 12.7. The third kappa shape index (κ3) is 4.48. The Bertz CT molecular complexity index is 888. The number of para-hydroxylation sites is 2. The molecule has 1 fully saturated rings. The molecule has 6 nitrogen and oxygen atoms in total. The van der Waals surface area contributed by atoms with Gasteiger partial charge in [-0.25, -0.2) is 8.42 Å². The molecule has 0 bridgehead atoms. The lowest BCUT2D eigenvalue weighted by molar-refractivity contribution is 0.101. The van der Waals surface area contributed by atoms with Crippen molar-refractivity contribution >= 4 is 21.5 Å². The third-order valence-electron chi connectivity index (χ3n) is 4.68. The van der Waals surface area contributed by atoms with E-state index in [1.807, 2.05) is 24.3 Å². The summed E-state index contributed by atoms with van der Waals surface area (Å²) in [5.41, 5.74) is 1.20. The summed E-state index contributed by atoms with van der Waals surface area (Å²) in [6.45, 7) is 1.22. The van der Waals surface area contributed by atoms with Crippen LogP contribution in [0.3, 0.4) is 0 Å². The number of piperidine rings is 1. The van der Waals surface area contributed by atoms with Crippen LogP contribution in [-0.4, -0.2) is 45.3 Å². The largest absolute Gasteiger partial charge is 0.495 e. The molecular formula is C20H24N2O4S. The molecule has 0 atom stereocenters. The van der Waals surface area contributed by atoms with Gasteiger partial charge in [-0.3, -0.25) is 4.79 Å². The van der Waals surface area contributed by atoms with Gasteiger partial charge in [-0.05, 0) is 49.2 Å². The molecule has 2 aromatic rings. The summed E-state index contributed by atoms with van der Waals surface area (Å²) < 4.78 is 32.1. The molecule has 0 saturated carbocycles. The Balaban J connectivity index is 1.66. The van der Waals surface area contributed by atoms with E-state index in [0.717, 1.165) is 24.9 Å². The van der Waals surface area contributed by atoms with Gasteiger partial charge in [0.25, 0.3) is 0 Å². The lowest BCUT2D eigenvalue weighted by Gasteiger charge is -2.25. The molecule has 1 aliphatic heterocycles. The van der Waals surface area contributed by atoms with Gasteiger partial charge >= 0.3 is 0 Å². The van der Waals surface area contributed by atoms with Crippen molar-refractivity contribution in [2.24, 2.45) is 0 Å². The van der Waals surface area contributed by atoms with E-state index in [-0.39, 0.29) is 17.2 Å². The van der Waals surface area contributed by atoms with E-state index in [1.165, 1.54) is 16.4 Å². The molecule has 7 heteroatoms. The van der Waals surface area contributed by atoms with Gasteiger partial charge < -0.3 is 10.1 Å². The highest BCUT2D eigenvalue weighted by Gasteiger charge is 2.25. The number of ketones is 1. The topological polar surface area (TPSA) is 75.7 Å². The Hall–Kier alpha value is -2.38. The number of anilines is 1. The third-order valence-corrected chi connectivity index (χ3v) is 6.59. The zero-order valence-electron chi connectivity index (χ0n) is 15.3. The highest BCUT2D eigenvalue weighted by atomic mass is 32.2. The number of ether oxygens (including phenoxy) is 1. The van der Waals surface area contributed by atoms with Crippen molar-refractivity contribution < 1.29 is 17.9 Å². The SMILES string of the molecule is COc1ccccc1NCC(=O)c1ccc(S(=O)(=O)N2CCCCC2)cc1. The van der Waals surface area contributed by atoms with E-state index < -0.39 is 10.0 Å². The van der Waals surface area contributed by atoms with Gasteiger partial charge in [0.2, 0.25) is 10.0 Å². The van der Waals surface area contributed by atoms with Crippen LogP contribution in [0.15, 0.2) is 53.4 Å². The molecule has 27 heavy (non-hydrogen) atoms.